The molecule has 2 rings (SSSR count). The second-order valence-electron chi connectivity index (χ2n) is 5.98. The zero-order valence-electron chi connectivity index (χ0n) is 13.2. The van der Waals surface area contributed by atoms with Crippen molar-refractivity contribution in [1.29, 1.82) is 0 Å². The normalized spacial score (nSPS) is 19.9. The first-order valence-electron chi connectivity index (χ1n) is 7.73. The number of nitrogens with two attached hydrogens (primary N) is 1. The van der Waals surface area contributed by atoms with Crippen molar-refractivity contribution in [1.82, 2.24) is 9.78 Å². The summed E-state index contributed by atoms with van der Waals surface area (Å²) in [6.45, 7) is 9.21. The summed E-state index contributed by atoms with van der Waals surface area (Å²) in [6.07, 6.45) is 3.68. The van der Waals surface area contributed by atoms with Gasteiger partial charge in [0.05, 0.1) is 17.5 Å². The highest BCUT2D eigenvalue weighted by atomic mass is 16.5. The van der Waals surface area contributed by atoms with Crippen LogP contribution in [0.15, 0.2) is 0 Å². The van der Waals surface area contributed by atoms with Crippen LogP contribution in [0, 0.1) is 0 Å². The first-order chi connectivity index (χ1) is 9.54. The third-order valence-corrected chi connectivity index (χ3v) is 3.86. The van der Waals surface area contributed by atoms with Crippen molar-refractivity contribution >= 4 is 11.5 Å². The smallest absolute Gasteiger partial charge is 0.150 e. The molecule has 1 unspecified atom stereocenters. The Morgan fingerprint density at radius 1 is 1.45 bits per heavy atom. The number of anilines is 2. The number of nitrogens with zero attached hydrogens (tertiary/aromatic N) is 3. The Bertz CT molecular complexity index is 441. The van der Waals surface area contributed by atoms with Gasteiger partial charge in [-0.3, -0.25) is 4.68 Å². The molecule has 5 heteroatoms. The number of hydrogen-bond donors (Lipinski definition) is 1. The molecular formula is C15H28N4O. The van der Waals surface area contributed by atoms with Gasteiger partial charge in [-0.15, -0.1) is 0 Å². The van der Waals surface area contributed by atoms with E-state index in [1.54, 1.807) is 0 Å². The molecule has 1 aromatic rings. The lowest BCUT2D eigenvalue weighted by Gasteiger charge is -2.34. The van der Waals surface area contributed by atoms with E-state index < -0.39 is 0 Å². The number of aryl methyl sites for hydroxylation is 1. The lowest BCUT2D eigenvalue weighted by Crippen LogP contribution is -2.41. The predicted octanol–water partition coefficient (Wildman–Crippen LogP) is 2.52. The van der Waals surface area contributed by atoms with E-state index in [9.17, 15) is 0 Å². The van der Waals surface area contributed by atoms with Crippen LogP contribution < -0.4 is 10.6 Å². The van der Waals surface area contributed by atoms with Gasteiger partial charge >= 0.3 is 0 Å². The van der Waals surface area contributed by atoms with Gasteiger partial charge in [0.15, 0.2) is 5.82 Å². The van der Waals surface area contributed by atoms with Gasteiger partial charge in [-0.2, -0.15) is 5.10 Å². The van der Waals surface area contributed by atoms with Gasteiger partial charge in [0.25, 0.3) is 0 Å². The van der Waals surface area contributed by atoms with Crippen LogP contribution >= 0.6 is 0 Å². The van der Waals surface area contributed by atoms with Gasteiger partial charge in [-0.25, -0.2) is 0 Å². The maximum Gasteiger partial charge on any atom is 0.150 e. The van der Waals surface area contributed by atoms with Gasteiger partial charge in [0.1, 0.15) is 0 Å². The topological polar surface area (TPSA) is 56.3 Å². The van der Waals surface area contributed by atoms with Crippen LogP contribution in [-0.2, 0) is 11.8 Å². The lowest BCUT2D eigenvalue weighted by atomic mass is 10.1. The third kappa shape index (κ3) is 3.08. The number of rotatable bonds is 5. The van der Waals surface area contributed by atoms with E-state index in [2.05, 4.69) is 30.8 Å². The molecule has 5 nitrogen and oxygen atoms in total. The molecule has 0 saturated carbocycles. The average molecular weight is 280 g/mol. The molecule has 2 N–H and O–H groups in total. The molecule has 0 radical (unpaired) electrons. The van der Waals surface area contributed by atoms with E-state index in [0.29, 0.717) is 12.0 Å². The van der Waals surface area contributed by atoms with Gasteiger partial charge in [0.2, 0.25) is 0 Å². The Balaban J connectivity index is 2.14. The first kappa shape index (κ1) is 15.2. The van der Waals surface area contributed by atoms with Gasteiger partial charge < -0.3 is 15.4 Å². The minimum Gasteiger partial charge on any atom is -0.394 e. The van der Waals surface area contributed by atoms with Crippen molar-refractivity contribution in [2.75, 3.05) is 30.3 Å². The molecule has 20 heavy (non-hydrogen) atoms. The monoisotopic (exact) mass is 280 g/mol. The van der Waals surface area contributed by atoms with Crippen molar-refractivity contribution in [3.63, 3.8) is 0 Å². The fourth-order valence-electron chi connectivity index (χ4n) is 2.90. The Hall–Kier alpha value is -1.23. The Kier molecular flexibility index (Phi) is 4.91. The highest BCUT2D eigenvalue weighted by molar-refractivity contribution is 5.67. The molecule has 1 aliphatic rings. The quantitative estimate of drug-likeness (QED) is 0.900. The first-order valence-corrected chi connectivity index (χ1v) is 7.73. The molecule has 1 aliphatic heterocycles. The zero-order valence-corrected chi connectivity index (χ0v) is 13.2. The summed E-state index contributed by atoms with van der Waals surface area (Å²) in [6, 6.07) is 0. The van der Waals surface area contributed by atoms with E-state index >= 15 is 0 Å². The van der Waals surface area contributed by atoms with Crippen LogP contribution in [0.25, 0.3) is 0 Å². The second kappa shape index (κ2) is 6.48. The summed E-state index contributed by atoms with van der Waals surface area (Å²) in [5.74, 6) is 1.41. The summed E-state index contributed by atoms with van der Waals surface area (Å²) in [7, 11) is 1.98. The van der Waals surface area contributed by atoms with Crippen molar-refractivity contribution < 1.29 is 4.74 Å². The van der Waals surface area contributed by atoms with Crippen LogP contribution in [0.4, 0.5) is 11.5 Å². The van der Waals surface area contributed by atoms with E-state index in [1.165, 1.54) is 0 Å². The third-order valence-electron chi connectivity index (χ3n) is 3.86. The molecule has 0 aliphatic carbocycles. The summed E-state index contributed by atoms with van der Waals surface area (Å²) in [5.41, 5.74) is 8.15. The molecule has 1 aromatic heterocycles. The summed E-state index contributed by atoms with van der Waals surface area (Å²) < 4.78 is 7.83. The number of aromatic nitrogens is 2. The fraction of sp³-hybridized carbons (Fsp3) is 0.800. The maximum atomic E-state index is 6.32. The largest absolute Gasteiger partial charge is 0.394 e. The van der Waals surface area contributed by atoms with Crippen LogP contribution in [0.5, 0.6) is 0 Å². The van der Waals surface area contributed by atoms with Gasteiger partial charge in [-0.05, 0) is 25.2 Å². The fourth-order valence-corrected chi connectivity index (χ4v) is 2.90. The van der Waals surface area contributed by atoms with Gasteiger partial charge in [-0.1, -0.05) is 20.8 Å². The molecule has 0 amide bonds. The molecule has 1 saturated heterocycles. The SMILES string of the molecule is CCCOC1CCCN(c2c(N)c(C(C)C)nn2C)C1. The standard InChI is InChI=1S/C15H28N4O/c1-5-9-20-12-7-6-8-19(10-12)15-13(16)14(11(2)3)17-18(15)4/h11-12H,5-10,16H2,1-4H3. The van der Waals surface area contributed by atoms with Crippen LogP contribution in [0.3, 0.4) is 0 Å². The molecule has 114 valence electrons. The average Bonchev–Trinajstić information content (AvgIpc) is 2.72. The molecule has 1 fully saturated rings. The van der Waals surface area contributed by atoms with Crippen LogP contribution in [0.1, 0.15) is 51.6 Å². The van der Waals surface area contributed by atoms with Gasteiger partial charge in [0, 0.05) is 26.7 Å². The Labute approximate surface area is 122 Å². The van der Waals surface area contributed by atoms with E-state index in [1.807, 2.05) is 11.7 Å². The number of nitrogen functional groups attached to an aromatic ring is 1. The Morgan fingerprint density at radius 2 is 2.20 bits per heavy atom. The summed E-state index contributed by atoms with van der Waals surface area (Å²) in [5, 5.41) is 4.58. The van der Waals surface area contributed by atoms with Crippen LogP contribution in [-0.4, -0.2) is 35.6 Å². The molecule has 0 bridgehead atoms. The van der Waals surface area contributed by atoms with Crippen molar-refractivity contribution in [2.45, 2.75) is 52.1 Å². The molecule has 0 spiro atoms. The van der Waals surface area contributed by atoms with Crippen molar-refractivity contribution in [3.05, 3.63) is 5.69 Å². The summed E-state index contributed by atoms with van der Waals surface area (Å²) >= 11 is 0. The van der Waals surface area contributed by atoms with Crippen LogP contribution in [0.2, 0.25) is 0 Å². The van der Waals surface area contributed by atoms with E-state index in [-0.39, 0.29) is 0 Å². The second-order valence-corrected chi connectivity index (χ2v) is 5.98. The Morgan fingerprint density at radius 3 is 2.80 bits per heavy atom. The maximum absolute atomic E-state index is 6.32. The van der Waals surface area contributed by atoms with E-state index in [0.717, 1.165) is 56.2 Å². The van der Waals surface area contributed by atoms with Crippen molar-refractivity contribution in [3.8, 4) is 0 Å². The molecule has 0 aromatic carbocycles. The number of hydrogen-bond acceptors (Lipinski definition) is 4. The highest BCUT2D eigenvalue weighted by Crippen LogP contribution is 2.32. The zero-order chi connectivity index (χ0) is 14.7. The van der Waals surface area contributed by atoms with E-state index in [4.69, 9.17) is 10.5 Å². The minimum atomic E-state index is 0.320. The lowest BCUT2D eigenvalue weighted by molar-refractivity contribution is 0.0438. The number of piperidine rings is 1. The predicted molar refractivity (Wildman–Crippen MR) is 83.2 cm³/mol. The molecule has 1 atom stereocenters. The highest BCUT2D eigenvalue weighted by Gasteiger charge is 2.26. The van der Waals surface area contributed by atoms with Crippen molar-refractivity contribution in [2.24, 2.45) is 7.05 Å². The minimum absolute atomic E-state index is 0.320. The molecule has 2 heterocycles. The molecular weight excluding hydrogens is 252 g/mol. The summed E-state index contributed by atoms with van der Waals surface area (Å²) in [4.78, 5) is 2.33. The number of ether oxygens (including phenoxy) is 1.